The lowest BCUT2D eigenvalue weighted by atomic mass is 10.2. The first-order valence-electron chi connectivity index (χ1n) is 8.34. The molecule has 2 aromatic rings. The highest BCUT2D eigenvalue weighted by molar-refractivity contribution is 7.99. The number of nitrogens with one attached hydrogen (secondary N) is 1. The number of rotatable bonds is 9. The van der Waals surface area contributed by atoms with Crippen molar-refractivity contribution in [1.82, 2.24) is 14.8 Å². The molecule has 2 rings (SSSR count). The first kappa shape index (κ1) is 21.2. The van der Waals surface area contributed by atoms with E-state index in [1.54, 1.807) is 0 Å². The molecule has 7 nitrogen and oxygen atoms in total. The quantitative estimate of drug-likeness (QED) is 0.615. The fourth-order valence-corrected chi connectivity index (χ4v) is 3.23. The van der Waals surface area contributed by atoms with Gasteiger partial charge in [-0.15, -0.1) is 10.2 Å². The summed E-state index contributed by atoms with van der Waals surface area (Å²) in [6, 6.07) is 4.04. The smallest absolute Gasteiger partial charge is 0.234 e. The second-order valence-electron chi connectivity index (χ2n) is 6.33. The zero-order valence-electron chi connectivity index (χ0n) is 15.0. The average molecular weight is 414 g/mol. The van der Waals surface area contributed by atoms with Gasteiger partial charge < -0.3 is 15.6 Å². The van der Waals surface area contributed by atoms with E-state index < -0.39 is 11.7 Å². The molecule has 3 N–H and O–H groups in total. The molecule has 0 saturated carbocycles. The molecule has 0 saturated heterocycles. The Morgan fingerprint density at radius 2 is 2.11 bits per heavy atom. The number of carbonyl (C=O) groups excluding carboxylic acids is 2. The van der Waals surface area contributed by atoms with Gasteiger partial charge in [-0.2, -0.15) is 0 Å². The minimum absolute atomic E-state index is 0.0358. The second-order valence-corrected chi connectivity index (χ2v) is 7.71. The van der Waals surface area contributed by atoms with Crippen LogP contribution in [0, 0.1) is 11.7 Å². The van der Waals surface area contributed by atoms with Gasteiger partial charge in [0.1, 0.15) is 11.6 Å². The van der Waals surface area contributed by atoms with Gasteiger partial charge in [0.05, 0.1) is 11.4 Å². The second kappa shape index (κ2) is 9.70. The van der Waals surface area contributed by atoms with Crippen molar-refractivity contribution in [3.05, 3.63) is 34.9 Å². The van der Waals surface area contributed by atoms with Crippen LogP contribution in [0.3, 0.4) is 0 Å². The van der Waals surface area contributed by atoms with Gasteiger partial charge in [-0.1, -0.05) is 37.2 Å². The Hall–Kier alpha value is -2.13. The Labute approximate surface area is 165 Å². The van der Waals surface area contributed by atoms with Crippen molar-refractivity contribution < 1.29 is 14.0 Å². The number of anilines is 1. The third-order valence-corrected chi connectivity index (χ3v) is 4.68. The molecule has 0 spiro atoms. The number of halogens is 2. The summed E-state index contributed by atoms with van der Waals surface area (Å²) >= 11 is 6.89. The Morgan fingerprint density at radius 3 is 2.74 bits per heavy atom. The lowest BCUT2D eigenvalue weighted by Gasteiger charge is -2.12. The topological polar surface area (TPSA) is 103 Å². The van der Waals surface area contributed by atoms with Gasteiger partial charge in [0.15, 0.2) is 5.16 Å². The minimum Gasteiger partial charge on any atom is -0.370 e. The van der Waals surface area contributed by atoms with E-state index in [1.807, 2.05) is 18.4 Å². The molecule has 10 heteroatoms. The van der Waals surface area contributed by atoms with Gasteiger partial charge >= 0.3 is 0 Å². The molecule has 0 unspecified atom stereocenters. The van der Waals surface area contributed by atoms with Crippen molar-refractivity contribution in [3.8, 4) is 0 Å². The molecule has 0 atom stereocenters. The first-order chi connectivity index (χ1) is 12.8. The number of hydrogen-bond donors (Lipinski definition) is 2. The molecule has 0 aliphatic heterocycles. The van der Waals surface area contributed by atoms with Crippen LogP contribution in [0.5, 0.6) is 0 Å². The van der Waals surface area contributed by atoms with E-state index in [4.69, 9.17) is 17.3 Å². The minimum atomic E-state index is -0.599. The standard InChI is InChI=1S/C17H21ClFN5O2S/c1-10(2)8-24-15(6-5-14(20)25)22-23-17(24)27-9-16(26)21-13-4-3-11(18)7-12(13)19/h3-4,7,10H,5-6,8-9H2,1-2H3,(H2,20,25)(H,21,26). The number of primary amides is 1. The van der Waals surface area contributed by atoms with Gasteiger partial charge in [-0.05, 0) is 24.1 Å². The van der Waals surface area contributed by atoms with Crippen LogP contribution in [0.2, 0.25) is 5.02 Å². The molecular weight excluding hydrogens is 393 g/mol. The molecule has 2 amide bonds. The molecule has 0 radical (unpaired) electrons. The van der Waals surface area contributed by atoms with Gasteiger partial charge in [0.2, 0.25) is 11.8 Å². The third kappa shape index (κ3) is 6.51. The molecule has 1 heterocycles. The number of thioether (sulfide) groups is 1. The molecular formula is C17H21ClFN5O2S. The molecule has 27 heavy (non-hydrogen) atoms. The predicted molar refractivity (Wildman–Crippen MR) is 103 cm³/mol. The fraction of sp³-hybridized carbons (Fsp3) is 0.412. The van der Waals surface area contributed by atoms with Crippen LogP contribution in [0.1, 0.15) is 26.1 Å². The fourth-order valence-electron chi connectivity index (χ4n) is 2.30. The van der Waals surface area contributed by atoms with Crippen LogP contribution < -0.4 is 11.1 Å². The maximum atomic E-state index is 13.8. The lowest BCUT2D eigenvalue weighted by Crippen LogP contribution is -2.17. The lowest BCUT2D eigenvalue weighted by molar-refractivity contribution is -0.118. The number of benzene rings is 1. The molecule has 0 bridgehead atoms. The largest absolute Gasteiger partial charge is 0.370 e. The van der Waals surface area contributed by atoms with Crippen LogP contribution in [0.25, 0.3) is 0 Å². The van der Waals surface area contributed by atoms with E-state index in [9.17, 15) is 14.0 Å². The van der Waals surface area contributed by atoms with Crippen molar-refractivity contribution in [2.24, 2.45) is 11.7 Å². The first-order valence-corrected chi connectivity index (χ1v) is 9.70. The zero-order valence-corrected chi connectivity index (χ0v) is 16.6. The van der Waals surface area contributed by atoms with Crippen molar-refractivity contribution in [1.29, 1.82) is 0 Å². The molecule has 1 aromatic heterocycles. The highest BCUT2D eigenvalue weighted by Crippen LogP contribution is 2.22. The predicted octanol–water partition coefficient (Wildman–Crippen LogP) is 2.88. The Bertz CT molecular complexity index is 828. The summed E-state index contributed by atoms with van der Waals surface area (Å²) in [6.45, 7) is 4.74. The molecule has 0 aliphatic rings. The SMILES string of the molecule is CC(C)Cn1c(CCC(N)=O)nnc1SCC(=O)Nc1ccc(Cl)cc1F. The number of nitrogens with two attached hydrogens (primary N) is 1. The number of carbonyl (C=O) groups is 2. The number of amides is 2. The Morgan fingerprint density at radius 1 is 1.37 bits per heavy atom. The van der Waals surface area contributed by atoms with E-state index in [-0.39, 0.29) is 28.8 Å². The molecule has 0 aliphatic carbocycles. The summed E-state index contributed by atoms with van der Waals surface area (Å²) in [6.07, 6.45) is 0.565. The maximum Gasteiger partial charge on any atom is 0.234 e. The number of aromatic nitrogens is 3. The van der Waals surface area contributed by atoms with Crippen molar-refractivity contribution in [2.75, 3.05) is 11.1 Å². The average Bonchev–Trinajstić information content (AvgIpc) is 2.95. The van der Waals surface area contributed by atoms with E-state index in [0.717, 1.165) is 6.07 Å². The Balaban J connectivity index is 2.03. The van der Waals surface area contributed by atoms with E-state index in [0.29, 0.717) is 29.9 Å². The van der Waals surface area contributed by atoms with Crippen LogP contribution in [0.4, 0.5) is 10.1 Å². The zero-order chi connectivity index (χ0) is 20.0. The summed E-state index contributed by atoms with van der Waals surface area (Å²) in [5, 5.41) is 11.5. The monoisotopic (exact) mass is 413 g/mol. The third-order valence-electron chi connectivity index (χ3n) is 3.47. The molecule has 0 fully saturated rings. The van der Waals surface area contributed by atoms with Crippen LogP contribution in [-0.4, -0.2) is 32.3 Å². The van der Waals surface area contributed by atoms with Gasteiger partial charge in [0.25, 0.3) is 0 Å². The maximum absolute atomic E-state index is 13.8. The molecule has 146 valence electrons. The molecule has 1 aromatic carbocycles. The number of aryl methyl sites for hydroxylation is 1. The normalized spacial score (nSPS) is 11.0. The highest BCUT2D eigenvalue weighted by atomic mass is 35.5. The summed E-state index contributed by atoms with van der Waals surface area (Å²) in [5.74, 6) is -0.378. The number of hydrogen-bond acceptors (Lipinski definition) is 5. The van der Waals surface area contributed by atoms with Crippen molar-refractivity contribution >= 4 is 40.9 Å². The summed E-state index contributed by atoms with van der Waals surface area (Å²) < 4.78 is 15.6. The summed E-state index contributed by atoms with van der Waals surface area (Å²) in [4.78, 5) is 23.1. The van der Waals surface area contributed by atoms with Gasteiger partial charge in [-0.25, -0.2) is 4.39 Å². The summed E-state index contributed by atoms with van der Waals surface area (Å²) in [5.41, 5.74) is 5.26. The Kier molecular flexibility index (Phi) is 7.61. The summed E-state index contributed by atoms with van der Waals surface area (Å²) in [7, 11) is 0. The van der Waals surface area contributed by atoms with Crippen LogP contribution in [0.15, 0.2) is 23.4 Å². The van der Waals surface area contributed by atoms with Crippen molar-refractivity contribution in [2.45, 2.75) is 38.4 Å². The number of nitrogens with zero attached hydrogens (tertiary/aromatic N) is 3. The highest BCUT2D eigenvalue weighted by Gasteiger charge is 2.16. The van der Waals surface area contributed by atoms with Crippen molar-refractivity contribution in [3.63, 3.8) is 0 Å². The van der Waals surface area contributed by atoms with E-state index in [1.165, 1.54) is 23.9 Å². The van der Waals surface area contributed by atoms with Gasteiger partial charge in [0, 0.05) is 24.4 Å². The van der Waals surface area contributed by atoms with Crippen LogP contribution in [-0.2, 0) is 22.6 Å². The van der Waals surface area contributed by atoms with E-state index in [2.05, 4.69) is 15.5 Å². The van der Waals surface area contributed by atoms with E-state index >= 15 is 0 Å². The van der Waals surface area contributed by atoms with Gasteiger partial charge in [-0.3, -0.25) is 9.59 Å². The van der Waals surface area contributed by atoms with Crippen LogP contribution >= 0.6 is 23.4 Å².